The first-order valence-electron chi connectivity index (χ1n) is 4.69. The molecule has 0 radical (unpaired) electrons. The number of carbonyl (C=O) groups is 1. The monoisotopic (exact) mass is 226 g/mol. The highest BCUT2D eigenvalue weighted by atomic mass is 19.1. The Morgan fingerprint density at radius 3 is 2.62 bits per heavy atom. The lowest BCUT2D eigenvalue weighted by Crippen LogP contribution is -2.38. The number of rotatable bonds is 3. The van der Waals surface area contributed by atoms with Gasteiger partial charge in [-0.3, -0.25) is 9.80 Å². The van der Waals surface area contributed by atoms with Crippen LogP contribution in [0.25, 0.3) is 0 Å². The standard InChI is InChI=1S/C9H12BFN2O3/c1-2-13(12)9(14)7-4-3-6(10(15)16)5-8(7)11/h3-5,15-16H,2,12H2,1H3. The zero-order chi connectivity index (χ0) is 12.3. The van der Waals surface area contributed by atoms with Crippen LogP contribution in [0.15, 0.2) is 18.2 Å². The van der Waals surface area contributed by atoms with Gasteiger partial charge < -0.3 is 10.0 Å². The minimum atomic E-state index is -1.76. The molecule has 16 heavy (non-hydrogen) atoms. The maximum Gasteiger partial charge on any atom is 0.488 e. The summed E-state index contributed by atoms with van der Waals surface area (Å²) in [6, 6.07) is 3.31. The van der Waals surface area contributed by atoms with E-state index in [2.05, 4.69) is 0 Å². The summed E-state index contributed by atoms with van der Waals surface area (Å²) in [6.07, 6.45) is 0. The van der Waals surface area contributed by atoms with E-state index in [1.165, 1.54) is 12.1 Å². The fourth-order valence-electron chi connectivity index (χ4n) is 1.16. The Balaban J connectivity index is 3.04. The minimum absolute atomic E-state index is 0.0193. The van der Waals surface area contributed by atoms with Crippen LogP contribution in [0.5, 0.6) is 0 Å². The van der Waals surface area contributed by atoms with Crippen molar-refractivity contribution in [3.05, 3.63) is 29.6 Å². The topological polar surface area (TPSA) is 86.8 Å². The zero-order valence-corrected chi connectivity index (χ0v) is 8.72. The van der Waals surface area contributed by atoms with Gasteiger partial charge in [0.25, 0.3) is 5.91 Å². The lowest BCUT2D eigenvalue weighted by molar-refractivity contribution is 0.0759. The molecule has 1 aromatic rings. The molecule has 86 valence electrons. The lowest BCUT2D eigenvalue weighted by atomic mass is 9.80. The highest BCUT2D eigenvalue weighted by Gasteiger charge is 2.19. The van der Waals surface area contributed by atoms with Crippen molar-refractivity contribution in [3.63, 3.8) is 0 Å². The average molecular weight is 226 g/mol. The minimum Gasteiger partial charge on any atom is -0.423 e. The first-order chi connectivity index (χ1) is 7.47. The molecule has 0 saturated carbocycles. The van der Waals surface area contributed by atoms with Crippen molar-refractivity contribution in [2.75, 3.05) is 6.54 Å². The van der Waals surface area contributed by atoms with Gasteiger partial charge in [0.2, 0.25) is 0 Å². The van der Waals surface area contributed by atoms with Gasteiger partial charge in [-0.25, -0.2) is 10.2 Å². The molecular weight excluding hydrogens is 214 g/mol. The smallest absolute Gasteiger partial charge is 0.423 e. The maximum absolute atomic E-state index is 13.4. The van der Waals surface area contributed by atoms with Crippen molar-refractivity contribution in [1.82, 2.24) is 5.01 Å². The van der Waals surface area contributed by atoms with E-state index in [1.807, 2.05) is 0 Å². The second-order valence-corrected chi connectivity index (χ2v) is 3.20. The van der Waals surface area contributed by atoms with E-state index in [0.717, 1.165) is 11.1 Å². The Morgan fingerprint density at radius 2 is 2.19 bits per heavy atom. The van der Waals surface area contributed by atoms with Crippen LogP contribution in [-0.4, -0.2) is 34.6 Å². The summed E-state index contributed by atoms with van der Waals surface area (Å²) in [6.45, 7) is 1.91. The number of halogens is 1. The molecule has 0 unspecified atom stereocenters. The number of nitrogens with zero attached hydrogens (tertiary/aromatic N) is 1. The van der Waals surface area contributed by atoms with Gasteiger partial charge >= 0.3 is 7.12 Å². The van der Waals surface area contributed by atoms with Crippen LogP contribution >= 0.6 is 0 Å². The molecule has 4 N–H and O–H groups in total. The van der Waals surface area contributed by atoms with Gasteiger partial charge in [0, 0.05) is 6.54 Å². The summed E-state index contributed by atoms with van der Waals surface area (Å²) in [5.74, 6) is 3.85. The third-order valence-corrected chi connectivity index (χ3v) is 2.12. The van der Waals surface area contributed by atoms with E-state index in [9.17, 15) is 9.18 Å². The molecule has 7 heteroatoms. The molecule has 1 aromatic carbocycles. The second kappa shape index (κ2) is 5.06. The van der Waals surface area contributed by atoms with E-state index in [1.54, 1.807) is 6.92 Å². The van der Waals surface area contributed by atoms with Crippen LogP contribution in [0, 0.1) is 5.82 Å². The van der Waals surface area contributed by atoms with Crippen LogP contribution in [-0.2, 0) is 0 Å². The number of amides is 1. The normalized spacial score (nSPS) is 10.1. The Morgan fingerprint density at radius 1 is 1.56 bits per heavy atom. The Bertz CT molecular complexity index is 400. The quantitative estimate of drug-likeness (QED) is 0.262. The molecule has 0 aliphatic heterocycles. The largest absolute Gasteiger partial charge is 0.488 e. The maximum atomic E-state index is 13.4. The van der Waals surface area contributed by atoms with Gasteiger partial charge in [0.05, 0.1) is 5.56 Å². The fraction of sp³-hybridized carbons (Fsp3) is 0.222. The Kier molecular flexibility index (Phi) is 4.00. The molecule has 0 saturated heterocycles. The Hall–Kier alpha value is -1.44. The SMILES string of the molecule is CCN(N)C(=O)c1ccc(B(O)O)cc1F. The molecule has 0 bridgehead atoms. The molecule has 0 fully saturated rings. The van der Waals surface area contributed by atoms with E-state index in [-0.39, 0.29) is 17.6 Å². The van der Waals surface area contributed by atoms with E-state index in [0.29, 0.717) is 0 Å². The Labute approximate surface area is 92.4 Å². The average Bonchev–Trinajstić information content (AvgIpc) is 2.26. The summed E-state index contributed by atoms with van der Waals surface area (Å²) >= 11 is 0. The van der Waals surface area contributed by atoms with Gasteiger partial charge in [0.15, 0.2) is 0 Å². The summed E-state index contributed by atoms with van der Waals surface area (Å²) in [4.78, 5) is 11.5. The zero-order valence-electron chi connectivity index (χ0n) is 8.72. The molecule has 0 atom stereocenters. The third kappa shape index (κ3) is 2.57. The third-order valence-electron chi connectivity index (χ3n) is 2.12. The number of hydrogen-bond acceptors (Lipinski definition) is 4. The van der Waals surface area contributed by atoms with Crippen molar-refractivity contribution in [2.45, 2.75) is 6.92 Å². The first kappa shape index (κ1) is 12.6. The van der Waals surface area contributed by atoms with E-state index >= 15 is 0 Å². The van der Waals surface area contributed by atoms with Gasteiger partial charge in [-0.15, -0.1) is 0 Å². The van der Waals surface area contributed by atoms with Crippen LogP contribution < -0.4 is 11.3 Å². The predicted octanol–water partition coefficient (Wildman–Crippen LogP) is -1.16. The molecule has 0 heterocycles. The van der Waals surface area contributed by atoms with E-state index in [4.69, 9.17) is 15.9 Å². The van der Waals surface area contributed by atoms with E-state index < -0.39 is 18.8 Å². The molecule has 0 spiro atoms. The summed E-state index contributed by atoms with van der Waals surface area (Å²) in [5, 5.41) is 18.5. The van der Waals surface area contributed by atoms with Crippen molar-refractivity contribution < 1.29 is 19.2 Å². The predicted molar refractivity (Wildman–Crippen MR) is 57.1 cm³/mol. The second-order valence-electron chi connectivity index (χ2n) is 3.20. The van der Waals surface area contributed by atoms with Crippen molar-refractivity contribution in [1.29, 1.82) is 0 Å². The molecular formula is C9H12BFN2O3. The molecule has 0 aliphatic rings. The summed E-state index contributed by atoms with van der Waals surface area (Å²) in [7, 11) is -1.76. The van der Waals surface area contributed by atoms with Crippen LogP contribution in [0.1, 0.15) is 17.3 Å². The van der Waals surface area contributed by atoms with Crippen molar-refractivity contribution in [3.8, 4) is 0 Å². The first-order valence-corrected chi connectivity index (χ1v) is 4.69. The summed E-state index contributed by atoms with van der Waals surface area (Å²) in [5.41, 5.74) is -0.220. The molecule has 0 aliphatic carbocycles. The highest BCUT2D eigenvalue weighted by molar-refractivity contribution is 6.58. The van der Waals surface area contributed by atoms with Gasteiger partial charge in [-0.1, -0.05) is 6.07 Å². The molecule has 1 rings (SSSR count). The van der Waals surface area contributed by atoms with Crippen LogP contribution in [0.2, 0.25) is 0 Å². The van der Waals surface area contributed by atoms with Crippen molar-refractivity contribution in [2.24, 2.45) is 5.84 Å². The summed E-state index contributed by atoms with van der Waals surface area (Å²) < 4.78 is 13.4. The molecule has 5 nitrogen and oxygen atoms in total. The van der Waals surface area contributed by atoms with Crippen molar-refractivity contribution >= 4 is 18.5 Å². The highest BCUT2D eigenvalue weighted by Crippen LogP contribution is 2.07. The molecule has 1 amide bonds. The van der Waals surface area contributed by atoms with Gasteiger partial charge in [0.1, 0.15) is 5.82 Å². The number of benzene rings is 1. The van der Waals surface area contributed by atoms with Crippen LogP contribution in [0.4, 0.5) is 4.39 Å². The van der Waals surface area contributed by atoms with Gasteiger partial charge in [-0.05, 0) is 24.5 Å². The number of hydrogen-bond donors (Lipinski definition) is 3. The lowest BCUT2D eigenvalue weighted by Gasteiger charge is -2.14. The fourth-order valence-corrected chi connectivity index (χ4v) is 1.16. The number of carbonyl (C=O) groups excluding carboxylic acids is 1. The number of nitrogens with two attached hydrogens (primary N) is 1. The van der Waals surface area contributed by atoms with Crippen LogP contribution in [0.3, 0.4) is 0 Å². The number of hydrazine groups is 1. The molecule has 0 aromatic heterocycles. The van der Waals surface area contributed by atoms with Gasteiger partial charge in [-0.2, -0.15) is 0 Å².